The van der Waals surface area contributed by atoms with Gasteiger partial charge in [-0.1, -0.05) is 0 Å². The van der Waals surface area contributed by atoms with Crippen LogP contribution < -0.4 is 24.8 Å². The van der Waals surface area contributed by atoms with Gasteiger partial charge in [0.05, 0.1) is 12.0 Å². The number of piperidine rings is 1. The Labute approximate surface area is 198 Å². The molecule has 0 saturated carbocycles. The normalized spacial score (nSPS) is 17.1. The Kier molecular flexibility index (Phi) is 6.94. The first-order chi connectivity index (χ1) is 16.3. The molecule has 1 atom stereocenters. The van der Waals surface area contributed by atoms with Crippen molar-refractivity contribution in [1.29, 1.82) is 0 Å². The highest BCUT2D eigenvalue weighted by molar-refractivity contribution is 7.89. The third-order valence-corrected chi connectivity index (χ3v) is 7.83. The van der Waals surface area contributed by atoms with Crippen LogP contribution >= 0.6 is 0 Å². The van der Waals surface area contributed by atoms with E-state index in [1.807, 2.05) is 0 Å². The van der Waals surface area contributed by atoms with Crippen LogP contribution in [0.25, 0.3) is 0 Å². The van der Waals surface area contributed by atoms with Gasteiger partial charge in [0.1, 0.15) is 11.8 Å². The number of anilines is 1. The summed E-state index contributed by atoms with van der Waals surface area (Å²) < 4.78 is 42.8. The molecule has 0 bridgehead atoms. The molecule has 2 aliphatic rings. The van der Waals surface area contributed by atoms with Crippen LogP contribution in [0.3, 0.4) is 0 Å². The molecule has 10 nitrogen and oxygen atoms in total. The molecule has 0 spiro atoms. The molecule has 0 aliphatic carbocycles. The minimum absolute atomic E-state index is 0.138. The zero-order chi connectivity index (χ0) is 24.3. The molecule has 1 fully saturated rings. The van der Waals surface area contributed by atoms with Crippen molar-refractivity contribution in [3.63, 3.8) is 0 Å². The van der Waals surface area contributed by atoms with Gasteiger partial charge in [0.15, 0.2) is 11.5 Å². The van der Waals surface area contributed by atoms with Crippen LogP contribution in [-0.2, 0) is 19.6 Å². The van der Waals surface area contributed by atoms with E-state index in [9.17, 15) is 18.0 Å². The van der Waals surface area contributed by atoms with E-state index < -0.39 is 16.1 Å². The molecule has 182 valence electrons. The van der Waals surface area contributed by atoms with Crippen LogP contribution in [0.2, 0.25) is 0 Å². The van der Waals surface area contributed by atoms with Crippen molar-refractivity contribution in [2.75, 3.05) is 32.3 Å². The zero-order valence-electron chi connectivity index (χ0n) is 18.9. The number of methoxy groups -OCH3 is 1. The molecular formula is C23H27N3O7S. The summed E-state index contributed by atoms with van der Waals surface area (Å²) in [5.74, 6) is 0.723. The maximum absolute atomic E-state index is 12.9. The standard InChI is InChI=1S/C23H27N3O7S/c1-15(22(27)25-17-3-8-20-21(13-17)33-14-32-20)24-23(28)16-9-11-26(12-10-16)34(29,30)19-6-4-18(31-2)5-7-19/h3-8,13,15-16H,9-12,14H2,1-2H3,(H,24,28)(H,25,27)/t15-/m0/s1. The summed E-state index contributed by atoms with van der Waals surface area (Å²) in [5.41, 5.74) is 0.535. The number of carbonyl (C=O) groups excluding carboxylic acids is 2. The average Bonchev–Trinajstić information content (AvgIpc) is 3.32. The lowest BCUT2D eigenvalue weighted by molar-refractivity contribution is -0.129. The first-order valence-electron chi connectivity index (χ1n) is 10.9. The summed E-state index contributed by atoms with van der Waals surface area (Å²) in [5, 5.41) is 5.48. The van der Waals surface area contributed by atoms with E-state index in [1.165, 1.54) is 23.5 Å². The third-order valence-electron chi connectivity index (χ3n) is 5.91. The van der Waals surface area contributed by atoms with Crippen LogP contribution in [0.4, 0.5) is 5.69 Å². The number of nitrogens with one attached hydrogen (secondary N) is 2. The SMILES string of the molecule is COc1ccc(S(=O)(=O)N2CCC(C(=O)N[C@@H](C)C(=O)Nc3ccc4c(c3)OCO4)CC2)cc1. The summed E-state index contributed by atoms with van der Waals surface area (Å²) in [4.78, 5) is 25.4. The summed E-state index contributed by atoms with van der Waals surface area (Å²) in [6.45, 7) is 2.19. The minimum Gasteiger partial charge on any atom is -0.497 e. The molecule has 2 aromatic carbocycles. The van der Waals surface area contributed by atoms with E-state index in [-0.39, 0.29) is 42.5 Å². The molecule has 1 saturated heterocycles. The molecule has 0 aromatic heterocycles. The molecule has 0 radical (unpaired) electrons. The lowest BCUT2D eigenvalue weighted by Gasteiger charge is -2.31. The largest absolute Gasteiger partial charge is 0.497 e. The second-order valence-corrected chi connectivity index (χ2v) is 10.1. The summed E-state index contributed by atoms with van der Waals surface area (Å²) in [6, 6.07) is 10.5. The van der Waals surface area contributed by atoms with Gasteiger partial charge in [-0.15, -0.1) is 0 Å². The van der Waals surface area contributed by atoms with Crippen molar-refractivity contribution in [3.05, 3.63) is 42.5 Å². The predicted molar refractivity (Wildman–Crippen MR) is 123 cm³/mol. The van der Waals surface area contributed by atoms with Gasteiger partial charge in [-0.05, 0) is 56.2 Å². The smallest absolute Gasteiger partial charge is 0.246 e. The zero-order valence-corrected chi connectivity index (χ0v) is 19.8. The summed E-state index contributed by atoms with van der Waals surface area (Å²) in [7, 11) is -2.13. The maximum atomic E-state index is 12.9. The van der Waals surface area contributed by atoms with E-state index in [0.29, 0.717) is 35.8 Å². The van der Waals surface area contributed by atoms with Gasteiger partial charge in [-0.3, -0.25) is 9.59 Å². The first-order valence-corrected chi connectivity index (χ1v) is 12.4. The van der Waals surface area contributed by atoms with E-state index >= 15 is 0 Å². The molecule has 34 heavy (non-hydrogen) atoms. The van der Waals surface area contributed by atoms with Crippen molar-refractivity contribution in [1.82, 2.24) is 9.62 Å². The lowest BCUT2D eigenvalue weighted by atomic mass is 9.97. The number of benzene rings is 2. The van der Waals surface area contributed by atoms with Gasteiger partial charge in [0.25, 0.3) is 0 Å². The number of rotatable bonds is 7. The van der Waals surface area contributed by atoms with Crippen LogP contribution in [0.1, 0.15) is 19.8 Å². The second kappa shape index (κ2) is 9.90. The lowest BCUT2D eigenvalue weighted by Crippen LogP contribution is -2.47. The number of hydrogen-bond donors (Lipinski definition) is 2. The Balaban J connectivity index is 1.28. The van der Waals surface area contributed by atoms with Crippen molar-refractivity contribution >= 4 is 27.5 Å². The van der Waals surface area contributed by atoms with E-state index in [4.69, 9.17) is 14.2 Å². The molecule has 4 rings (SSSR count). The fourth-order valence-corrected chi connectivity index (χ4v) is 5.35. The average molecular weight is 490 g/mol. The first kappa shape index (κ1) is 23.8. The van der Waals surface area contributed by atoms with Gasteiger partial charge < -0.3 is 24.8 Å². The molecule has 2 heterocycles. The molecule has 2 N–H and O–H groups in total. The number of sulfonamides is 1. The van der Waals surface area contributed by atoms with Crippen molar-refractivity contribution in [2.45, 2.75) is 30.7 Å². The highest BCUT2D eigenvalue weighted by Gasteiger charge is 2.33. The van der Waals surface area contributed by atoms with Crippen molar-refractivity contribution < 1.29 is 32.2 Å². The molecule has 2 aromatic rings. The highest BCUT2D eigenvalue weighted by atomic mass is 32.2. The molecule has 2 aliphatic heterocycles. The van der Waals surface area contributed by atoms with Gasteiger partial charge >= 0.3 is 0 Å². The van der Waals surface area contributed by atoms with Crippen LogP contribution in [0.5, 0.6) is 17.2 Å². The van der Waals surface area contributed by atoms with Gasteiger partial charge in [0.2, 0.25) is 28.6 Å². The minimum atomic E-state index is -3.65. The highest BCUT2D eigenvalue weighted by Crippen LogP contribution is 2.34. The summed E-state index contributed by atoms with van der Waals surface area (Å²) in [6.07, 6.45) is 0.745. The molecule has 2 amide bonds. The second-order valence-electron chi connectivity index (χ2n) is 8.14. The van der Waals surface area contributed by atoms with Gasteiger partial charge in [-0.2, -0.15) is 4.31 Å². The molecular weight excluding hydrogens is 462 g/mol. The quantitative estimate of drug-likeness (QED) is 0.610. The Morgan fingerprint density at radius 3 is 2.41 bits per heavy atom. The molecule has 0 unspecified atom stereocenters. The number of ether oxygens (including phenoxy) is 3. The number of nitrogens with zero attached hydrogens (tertiary/aromatic N) is 1. The van der Waals surface area contributed by atoms with Crippen LogP contribution in [0, 0.1) is 5.92 Å². The van der Waals surface area contributed by atoms with E-state index in [2.05, 4.69) is 10.6 Å². The number of carbonyl (C=O) groups is 2. The van der Waals surface area contributed by atoms with Gasteiger partial charge in [-0.25, -0.2) is 8.42 Å². The number of amides is 2. The Bertz CT molecular complexity index is 1160. The number of hydrogen-bond acceptors (Lipinski definition) is 7. The predicted octanol–water partition coefficient (Wildman–Crippen LogP) is 1.97. The third kappa shape index (κ3) is 5.10. The Morgan fingerprint density at radius 2 is 1.74 bits per heavy atom. The Morgan fingerprint density at radius 1 is 1.06 bits per heavy atom. The van der Waals surface area contributed by atoms with Crippen LogP contribution in [0.15, 0.2) is 47.4 Å². The van der Waals surface area contributed by atoms with E-state index in [0.717, 1.165) is 0 Å². The summed E-state index contributed by atoms with van der Waals surface area (Å²) >= 11 is 0. The van der Waals surface area contributed by atoms with Crippen molar-refractivity contribution in [3.8, 4) is 17.2 Å². The van der Waals surface area contributed by atoms with Crippen molar-refractivity contribution in [2.24, 2.45) is 5.92 Å². The van der Waals surface area contributed by atoms with E-state index in [1.54, 1.807) is 37.3 Å². The fraction of sp³-hybridized carbons (Fsp3) is 0.391. The number of fused-ring (bicyclic) bond motifs is 1. The van der Waals surface area contributed by atoms with Gasteiger partial charge in [0, 0.05) is 30.8 Å². The topological polar surface area (TPSA) is 123 Å². The fourth-order valence-electron chi connectivity index (χ4n) is 3.88. The van der Waals surface area contributed by atoms with Crippen LogP contribution in [-0.4, -0.2) is 57.6 Å². The maximum Gasteiger partial charge on any atom is 0.246 e. The Hall–Kier alpha value is -3.31. The molecule has 11 heteroatoms. The monoisotopic (exact) mass is 489 g/mol.